The summed E-state index contributed by atoms with van der Waals surface area (Å²) >= 11 is 0. The average Bonchev–Trinajstić information content (AvgIpc) is 3.21. The van der Waals surface area contributed by atoms with Crippen LogP contribution in [0.5, 0.6) is 0 Å². The lowest BCUT2D eigenvalue weighted by Crippen LogP contribution is -2.50. The Morgan fingerprint density at radius 3 is 2.61 bits per heavy atom. The Morgan fingerprint density at radius 1 is 1.11 bits per heavy atom. The molecule has 4 aliphatic carbocycles. The highest BCUT2D eigenvalue weighted by Crippen LogP contribution is 2.67. The highest BCUT2D eigenvalue weighted by atomic mass is 16.1. The number of rotatable bonds is 2. The van der Waals surface area contributed by atoms with Crippen molar-refractivity contribution >= 4 is 5.78 Å². The van der Waals surface area contributed by atoms with E-state index in [1.54, 1.807) is 0 Å². The highest BCUT2D eigenvalue weighted by molar-refractivity contribution is 5.79. The fourth-order valence-electron chi connectivity index (χ4n) is 8.67. The molecule has 1 unspecified atom stereocenters. The smallest absolute Gasteiger partial charge is 0.133 e. The molecule has 0 aliphatic heterocycles. The SMILES string of the molecule is CC(=O)[C@H]1C[C@@H](n2cc(C)cn2)C2[C@@H]3CC[C@@H]4C[C@@H](C)CC[C@@H]4[C@H]3CC[C@@]21C. The van der Waals surface area contributed by atoms with Gasteiger partial charge in [0.25, 0.3) is 0 Å². The molecule has 9 atom stereocenters. The zero-order valence-corrected chi connectivity index (χ0v) is 18.2. The first-order chi connectivity index (χ1) is 13.4. The Bertz CT molecular complexity index is 753. The number of aryl methyl sites for hydroxylation is 1. The van der Waals surface area contributed by atoms with Gasteiger partial charge in [0, 0.05) is 12.1 Å². The topological polar surface area (TPSA) is 34.9 Å². The van der Waals surface area contributed by atoms with Gasteiger partial charge in [-0.1, -0.05) is 20.3 Å². The third-order valence-corrected chi connectivity index (χ3v) is 9.76. The second kappa shape index (κ2) is 6.71. The van der Waals surface area contributed by atoms with Crippen molar-refractivity contribution < 1.29 is 4.79 Å². The minimum atomic E-state index is 0.173. The normalized spacial score (nSPS) is 47.9. The first kappa shape index (κ1) is 18.9. The molecule has 0 saturated heterocycles. The Kier molecular flexibility index (Phi) is 4.52. The first-order valence-electron chi connectivity index (χ1n) is 11.9. The summed E-state index contributed by atoms with van der Waals surface area (Å²) in [5.74, 6) is 5.82. The summed E-state index contributed by atoms with van der Waals surface area (Å²) in [5, 5.41) is 4.75. The molecule has 0 radical (unpaired) electrons. The van der Waals surface area contributed by atoms with Gasteiger partial charge < -0.3 is 0 Å². The van der Waals surface area contributed by atoms with Gasteiger partial charge in [0.2, 0.25) is 0 Å². The molecule has 1 heterocycles. The van der Waals surface area contributed by atoms with Crippen molar-refractivity contribution in [3.63, 3.8) is 0 Å². The second-order valence-electron chi connectivity index (χ2n) is 11.3. The zero-order chi connectivity index (χ0) is 19.6. The number of aromatic nitrogens is 2. The maximum absolute atomic E-state index is 12.7. The van der Waals surface area contributed by atoms with E-state index in [2.05, 4.69) is 31.6 Å². The molecule has 5 rings (SSSR count). The summed E-state index contributed by atoms with van der Waals surface area (Å²) in [6.07, 6.45) is 15.0. The van der Waals surface area contributed by atoms with Crippen molar-refractivity contribution in [3.8, 4) is 0 Å². The minimum Gasteiger partial charge on any atom is -0.300 e. The van der Waals surface area contributed by atoms with Gasteiger partial charge in [-0.05, 0) is 105 Å². The van der Waals surface area contributed by atoms with Gasteiger partial charge in [0.1, 0.15) is 5.78 Å². The molecule has 28 heavy (non-hydrogen) atoms. The number of Topliss-reactive ketones (excluding diaryl/α,β-unsaturated/α-hetero) is 1. The third-order valence-electron chi connectivity index (χ3n) is 9.76. The van der Waals surface area contributed by atoms with E-state index in [4.69, 9.17) is 5.10 Å². The molecule has 0 bridgehead atoms. The van der Waals surface area contributed by atoms with Crippen LogP contribution in [0.3, 0.4) is 0 Å². The average molecular weight is 383 g/mol. The van der Waals surface area contributed by atoms with E-state index in [0.717, 1.165) is 36.0 Å². The van der Waals surface area contributed by atoms with E-state index < -0.39 is 0 Å². The van der Waals surface area contributed by atoms with Crippen LogP contribution < -0.4 is 0 Å². The van der Waals surface area contributed by atoms with Crippen molar-refractivity contribution in [1.29, 1.82) is 0 Å². The molecule has 0 aromatic carbocycles. The maximum Gasteiger partial charge on any atom is 0.133 e. The summed E-state index contributed by atoms with van der Waals surface area (Å²) in [4.78, 5) is 12.7. The molecule has 0 spiro atoms. The third kappa shape index (κ3) is 2.75. The van der Waals surface area contributed by atoms with Crippen LogP contribution in [0.15, 0.2) is 12.4 Å². The fourth-order valence-corrected chi connectivity index (χ4v) is 8.67. The summed E-state index contributed by atoms with van der Waals surface area (Å²) in [7, 11) is 0. The number of carbonyl (C=O) groups is 1. The molecule has 4 saturated carbocycles. The molecule has 0 amide bonds. The summed E-state index contributed by atoms with van der Waals surface area (Å²) in [6, 6.07) is 0.416. The van der Waals surface area contributed by atoms with Crippen LogP contribution in [0.4, 0.5) is 0 Å². The molecule has 4 fully saturated rings. The van der Waals surface area contributed by atoms with E-state index in [0.29, 0.717) is 17.7 Å². The quantitative estimate of drug-likeness (QED) is 0.644. The Hall–Kier alpha value is -1.12. The number of carbonyl (C=O) groups excluding carboxylic acids is 1. The molecule has 1 aromatic heterocycles. The van der Waals surface area contributed by atoms with E-state index in [1.165, 1.54) is 50.5 Å². The molecule has 154 valence electrons. The Morgan fingerprint density at radius 2 is 1.89 bits per heavy atom. The van der Waals surface area contributed by atoms with Gasteiger partial charge in [-0.15, -0.1) is 0 Å². The number of hydrogen-bond acceptors (Lipinski definition) is 2. The van der Waals surface area contributed by atoms with Crippen LogP contribution >= 0.6 is 0 Å². The summed E-state index contributed by atoms with van der Waals surface area (Å²) < 4.78 is 2.25. The largest absolute Gasteiger partial charge is 0.300 e. The molecular weight excluding hydrogens is 344 g/mol. The number of nitrogens with zero attached hydrogens (tertiary/aromatic N) is 2. The number of ketones is 1. The lowest BCUT2D eigenvalue weighted by molar-refractivity contribution is -0.128. The van der Waals surface area contributed by atoms with Crippen LogP contribution in [-0.2, 0) is 4.79 Å². The number of fused-ring (bicyclic) bond motifs is 5. The van der Waals surface area contributed by atoms with Crippen molar-refractivity contribution in [3.05, 3.63) is 18.0 Å². The molecular formula is C25H38N2O. The predicted octanol–water partition coefficient (Wildman–Crippen LogP) is 5.84. The van der Waals surface area contributed by atoms with Gasteiger partial charge in [-0.25, -0.2) is 0 Å². The zero-order valence-electron chi connectivity index (χ0n) is 18.2. The van der Waals surface area contributed by atoms with Gasteiger partial charge in [-0.3, -0.25) is 9.48 Å². The van der Waals surface area contributed by atoms with Crippen LogP contribution in [-0.4, -0.2) is 15.6 Å². The van der Waals surface area contributed by atoms with E-state index in [9.17, 15) is 4.79 Å². The maximum atomic E-state index is 12.7. The second-order valence-corrected chi connectivity index (χ2v) is 11.3. The van der Waals surface area contributed by atoms with Crippen LogP contribution in [0, 0.1) is 53.8 Å². The molecule has 3 heteroatoms. The van der Waals surface area contributed by atoms with E-state index in [-0.39, 0.29) is 11.3 Å². The summed E-state index contributed by atoms with van der Waals surface area (Å²) in [6.45, 7) is 8.91. The van der Waals surface area contributed by atoms with Crippen molar-refractivity contribution in [2.24, 2.45) is 46.8 Å². The van der Waals surface area contributed by atoms with Crippen LogP contribution in [0.2, 0.25) is 0 Å². The molecule has 3 nitrogen and oxygen atoms in total. The van der Waals surface area contributed by atoms with Crippen molar-refractivity contribution in [2.75, 3.05) is 0 Å². The molecule has 1 aromatic rings. The Labute approximate surface area is 170 Å². The van der Waals surface area contributed by atoms with Crippen molar-refractivity contribution in [2.45, 2.75) is 85.1 Å². The minimum absolute atomic E-state index is 0.173. The van der Waals surface area contributed by atoms with Gasteiger partial charge in [0.05, 0.1) is 12.2 Å². The van der Waals surface area contributed by atoms with Gasteiger partial charge in [0.15, 0.2) is 0 Å². The fraction of sp³-hybridized carbons (Fsp3) is 0.840. The van der Waals surface area contributed by atoms with Crippen LogP contribution in [0.1, 0.15) is 83.7 Å². The lowest BCUT2D eigenvalue weighted by atomic mass is 9.49. The van der Waals surface area contributed by atoms with Gasteiger partial charge >= 0.3 is 0 Å². The molecule has 0 N–H and O–H groups in total. The summed E-state index contributed by atoms with van der Waals surface area (Å²) in [5.41, 5.74) is 1.41. The number of hydrogen-bond donors (Lipinski definition) is 0. The van der Waals surface area contributed by atoms with E-state index >= 15 is 0 Å². The Balaban J connectivity index is 1.51. The highest BCUT2D eigenvalue weighted by Gasteiger charge is 2.61. The first-order valence-corrected chi connectivity index (χ1v) is 11.9. The standard InChI is InChI=1S/C25H38N2O/c1-15-5-7-19-18(11-15)6-8-21-20(19)9-10-25(4)22(17(3)28)12-23(24(21)25)27-14-16(2)13-26-27/h13-15,18-24H,5-12H2,1-4H3/t15-,18+,19-,20+,21+,22+,23+,24?,25+/m0/s1. The molecule has 4 aliphatic rings. The monoisotopic (exact) mass is 382 g/mol. The van der Waals surface area contributed by atoms with Crippen molar-refractivity contribution in [1.82, 2.24) is 9.78 Å². The lowest BCUT2D eigenvalue weighted by Gasteiger charge is -2.56. The van der Waals surface area contributed by atoms with Gasteiger partial charge in [-0.2, -0.15) is 5.10 Å². The predicted molar refractivity (Wildman–Crippen MR) is 112 cm³/mol. The van der Waals surface area contributed by atoms with E-state index in [1.807, 2.05) is 13.1 Å². The van der Waals surface area contributed by atoms with Crippen LogP contribution in [0.25, 0.3) is 0 Å².